The average Bonchev–Trinajstić information content (AvgIpc) is 3.06. The number of aliphatic hydroxyl groups excluding tert-OH is 2. The smallest absolute Gasteiger partial charge is 0.319 e. The number of amides is 2. The number of para-hydroxylation sites is 1. The molecule has 1 aliphatic rings. The van der Waals surface area contributed by atoms with Crippen LogP contribution in [0.2, 0.25) is 0 Å². The molecule has 0 unspecified atom stereocenters. The number of thioether (sulfide) groups is 1. The highest BCUT2D eigenvalue weighted by molar-refractivity contribution is 7.99. The maximum Gasteiger partial charge on any atom is 0.319 e. The molecule has 0 spiro atoms. The Morgan fingerprint density at radius 2 is 1.48 bits per heavy atom. The molecule has 1 fully saturated rings. The van der Waals surface area contributed by atoms with Gasteiger partial charge in [-0.3, -0.25) is 0 Å². The number of hydrogen-bond acceptors (Lipinski definition) is 7. The minimum absolute atomic E-state index is 0.00585. The summed E-state index contributed by atoms with van der Waals surface area (Å²) in [5.74, 6) is 2.92. The van der Waals surface area contributed by atoms with Crippen LogP contribution >= 0.6 is 11.8 Å². The minimum atomic E-state index is -0.562. The van der Waals surface area contributed by atoms with Crippen molar-refractivity contribution in [2.75, 3.05) is 23.4 Å². The molecule has 4 aromatic rings. The van der Waals surface area contributed by atoms with Crippen LogP contribution in [0.1, 0.15) is 41.6 Å². The van der Waals surface area contributed by atoms with Crippen molar-refractivity contribution < 1.29 is 29.2 Å². The molecule has 0 radical (unpaired) electrons. The Hall–Kier alpha value is -3.86. The summed E-state index contributed by atoms with van der Waals surface area (Å²) in [5, 5.41) is 24.5. The van der Waals surface area contributed by atoms with E-state index in [1.54, 1.807) is 23.9 Å². The van der Waals surface area contributed by atoms with E-state index in [2.05, 4.69) is 17.6 Å². The molecule has 5 rings (SSSR count). The predicted molar refractivity (Wildman–Crippen MR) is 173 cm³/mol. The molecule has 230 valence electrons. The van der Waals surface area contributed by atoms with E-state index in [-0.39, 0.29) is 37.4 Å². The van der Waals surface area contributed by atoms with Crippen LogP contribution < -0.4 is 15.4 Å². The third-order valence-corrected chi connectivity index (χ3v) is 8.47. The van der Waals surface area contributed by atoms with E-state index in [0.717, 1.165) is 33.8 Å². The highest BCUT2D eigenvalue weighted by atomic mass is 32.2. The van der Waals surface area contributed by atoms with E-state index in [1.807, 2.05) is 91.0 Å². The Balaban J connectivity index is 1.17. The Bertz CT molecular complexity index is 1450. The third kappa shape index (κ3) is 8.62. The fourth-order valence-electron chi connectivity index (χ4n) is 4.96. The number of carbonyl (C=O) groups is 1. The number of hydrogen-bond donors (Lipinski definition) is 4. The van der Waals surface area contributed by atoms with Crippen LogP contribution in [-0.2, 0) is 22.6 Å². The van der Waals surface area contributed by atoms with E-state index < -0.39 is 6.29 Å². The van der Waals surface area contributed by atoms with E-state index in [4.69, 9.17) is 14.2 Å². The number of anilines is 1. The van der Waals surface area contributed by atoms with Crippen LogP contribution in [0.4, 0.5) is 10.5 Å². The summed E-state index contributed by atoms with van der Waals surface area (Å²) < 4.78 is 18.7. The maximum absolute atomic E-state index is 12.5. The summed E-state index contributed by atoms with van der Waals surface area (Å²) in [4.78, 5) is 12.5. The molecule has 9 heteroatoms. The van der Waals surface area contributed by atoms with Crippen molar-refractivity contribution in [3.05, 3.63) is 125 Å². The standard InChI is InChI=1S/C35H38N2O6S/c1-24-32(23-44-20-19-38)42-34(43-33(24)27-11-9-26(22-39)10-12-27)28-13-7-25(8-14-28)21-36-35(40)37-29-15-17-31(18-16-29)41-30-5-3-2-4-6-30/h2-18,24,32-34,38-39H,19-23H2,1H3,(H2,36,37,40)/t24-,32+,33+,34+/m1/s1. The Morgan fingerprint density at radius 3 is 2.16 bits per heavy atom. The molecule has 44 heavy (non-hydrogen) atoms. The number of urea groups is 1. The molecule has 2 amide bonds. The van der Waals surface area contributed by atoms with E-state index in [1.165, 1.54) is 0 Å². The number of nitrogens with one attached hydrogen (secondary N) is 2. The molecule has 4 N–H and O–H groups in total. The van der Waals surface area contributed by atoms with Gasteiger partial charge in [-0.1, -0.05) is 73.7 Å². The van der Waals surface area contributed by atoms with Gasteiger partial charge in [0.25, 0.3) is 0 Å². The molecular formula is C35H38N2O6S. The first kappa shape index (κ1) is 31.6. The van der Waals surface area contributed by atoms with Gasteiger partial charge in [0.15, 0.2) is 6.29 Å². The second-order valence-electron chi connectivity index (χ2n) is 10.6. The Labute approximate surface area is 262 Å². The zero-order valence-electron chi connectivity index (χ0n) is 24.6. The number of aliphatic hydroxyl groups is 2. The summed E-state index contributed by atoms with van der Waals surface area (Å²) in [6.45, 7) is 2.60. The first-order valence-corrected chi connectivity index (χ1v) is 15.8. The molecular weight excluding hydrogens is 576 g/mol. The Kier molecular flexibility index (Phi) is 11.3. The summed E-state index contributed by atoms with van der Waals surface area (Å²) >= 11 is 1.66. The monoisotopic (exact) mass is 614 g/mol. The molecule has 0 bridgehead atoms. The van der Waals surface area contributed by atoms with Crippen LogP contribution in [-0.4, -0.2) is 40.5 Å². The van der Waals surface area contributed by atoms with Crippen molar-refractivity contribution in [2.45, 2.75) is 38.6 Å². The van der Waals surface area contributed by atoms with Crippen LogP contribution in [0.25, 0.3) is 0 Å². The summed E-state index contributed by atoms with van der Waals surface area (Å²) in [6, 6.07) is 32.1. The molecule has 4 aromatic carbocycles. The van der Waals surface area contributed by atoms with Crippen LogP contribution in [0, 0.1) is 5.92 Å². The lowest BCUT2D eigenvalue weighted by Gasteiger charge is -2.41. The first-order chi connectivity index (χ1) is 21.5. The van der Waals surface area contributed by atoms with E-state index >= 15 is 0 Å². The maximum atomic E-state index is 12.5. The minimum Gasteiger partial charge on any atom is -0.457 e. The van der Waals surface area contributed by atoms with Crippen LogP contribution in [0.3, 0.4) is 0 Å². The van der Waals surface area contributed by atoms with Gasteiger partial charge >= 0.3 is 6.03 Å². The highest BCUT2D eigenvalue weighted by Gasteiger charge is 2.38. The third-order valence-electron chi connectivity index (χ3n) is 7.44. The molecule has 0 aromatic heterocycles. The molecule has 0 saturated carbocycles. The van der Waals surface area contributed by atoms with E-state index in [0.29, 0.717) is 23.7 Å². The van der Waals surface area contributed by atoms with Crippen LogP contribution in [0.15, 0.2) is 103 Å². The predicted octanol–water partition coefficient (Wildman–Crippen LogP) is 6.81. The van der Waals surface area contributed by atoms with Crippen LogP contribution in [0.5, 0.6) is 11.5 Å². The van der Waals surface area contributed by atoms with Crippen molar-refractivity contribution in [1.82, 2.24) is 5.32 Å². The van der Waals surface area contributed by atoms with Gasteiger partial charge < -0.3 is 35.1 Å². The molecule has 1 aliphatic heterocycles. The number of rotatable bonds is 12. The average molecular weight is 615 g/mol. The Morgan fingerprint density at radius 1 is 0.818 bits per heavy atom. The van der Waals surface area contributed by atoms with Gasteiger partial charge in [0, 0.05) is 35.2 Å². The van der Waals surface area contributed by atoms with Gasteiger partial charge in [0.1, 0.15) is 11.5 Å². The molecule has 0 aliphatic carbocycles. The normalized spacial score (nSPS) is 19.7. The van der Waals surface area contributed by atoms with Crippen molar-refractivity contribution in [2.24, 2.45) is 5.92 Å². The first-order valence-electron chi connectivity index (χ1n) is 14.7. The molecule has 4 atom stereocenters. The van der Waals surface area contributed by atoms with Gasteiger partial charge in [-0.15, -0.1) is 0 Å². The lowest BCUT2D eigenvalue weighted by molar-refractivity contribution is -0.268. The highest BCUT2D eigenvalue weighted by Crippen LogP contribution is 2.42. The van der Waals surface area contributed by atoms with Gasteiger partial charge in [-0.05, 0) is 53.1 Å². The fourth-order valence-corrected chi connectivity index (χ4v) is 5.87. The van der Waals surface area contributed by atoms with Gasteiger partial charge in [-0.25, -0.2) is 4.79 Å². The van der Waals surface area contributed by atoms with Gasteiger partial charge in [0.05, 0.1) is 25.4 Å². The van der Waals surface area contributed by atoms with Crippen molar-refractivity contribution in [3.63, 3.8) is 0 Å². The number of carbonyl (C=O) groups excluding carboxylic acids is 1. The molecule has 1 saturated heterocycles. The van der Waals surface area contributed by atoms with Crippen molar-refractivity contribution in [3.8, 4) is 11.5 Å². The second-order valence-corrected chi connectivity index (χ2v) is 11.8. The SMILES string of the molecule is C[C@@H]1[C@H](CSCCO)O[C@H](c2ccc(CNC(=O)Nc3ccc(Oc4ccccc4)cc3)cc2)O[C@@H]1c1ccc(CO)cc1. The zero-order chi connectivity index (χ0) is 30.7. The topological polar surface area (TPSA) is 109 Å². The summed E-state index contributed by atoms with van der Waals surface area (Å²) in [7, 11) is 0. The van der Waals surface area contributed by atoms with Gasteiger partial charge in [0.2, 0.25) is 0 Å². The lowest BCUT2D eigenvalue weighted by Crippen LogP contribution is -2.38. The lowest BCUT2D eigenvalue weighted by atomic mass is 9.91. The fraction of sp³-hybridized carbons (Fsp3) is 0.286. The summed E-state index contributed by atoms with van der Waals surface area (Å²) in [6.07, 6.45) is -0.824. The second kappa shape index (κ2) is 15.7. The number of ether oxygens (including phenoxy) is 3. The van der Waals surface area contributed by atoms with Gasteiger partial charge in [-0.2, -0.15) is 11.8 Å². The van der Waals surface area contributed by atoms with Crippen molar-refractivity contribution in [1.29, 1.82) is 0 Å². The largest absolute Gasteiger partial charge is 0.457 e. The molecule has 1 heterocycles. The summed E-state index contributed by atoms with van der Waals surface area (Å²) in [5.41, 5.74) is 4.36. The number of benzene rings is 4. The molecule has 8 nitrogen and oxygen atoms in total. The van der Waals surface area contributed by atoms with E-state index in [9.17, 15) is 15.0 Å². The quantitative estimate of drug-likeness (QED) is 0.130. The zero-order valence-corrected chi connectivity index (χ0v) is 25.4. The van der Waals surface area contributed by atoms with Crippen molar-refractivity contribution >= 4 is 23.5 Å².